The fourth-order valence-corrected chi connectivity index (χ4v) is 2.73. The Hall–Kier alpha value is -3.28. The maximum absolute atomic E-state index is 13.1. The first-order valence-corrected chi connectivity index (χ1v) is 8.09. The van der Waals surface area contributed by atoms with Crippen molar-refractivity contribution in [2.24, 2.45) is 0 Å². The standard InChI is InChI=1S/C20H17FN2O3/c1-14(24)22-13-19(25)23(12-16-5-3-2-4-6-16)18(20(22)26)11-15-7-9-17(21)10-8-15/h2-11H,12-13H2,1H3. The van der Waals surface area contributed by atoms with Crippen LogP contribution in [0.4, 0.5) is 4.39 Å². The highest BCUT2D eigenvalue weighted by Crippen LogP contribution is 2.22. The van der Waals surface area contributed by atoms with Gasteiger partial charge in [0.25, 0.3) is 5.91 Å². The van der Waals surface area contributed by atoms with Gasteiger partial charge >= 0.3 is 0 Å². The molecule has 0 saturated carbocycles. The number of halogens is 1. The van der Waals surface area contributed by atoms with E-state index >= 15 is 0 Å². The summed E-state index contributed by atoms with van der Waals surface area (Å²) in [6, 6.07) is 14.8. The van der Waals surface area contributed by atoms with Gasteiger partial charge in [0.05, 0.1) is 6.54 Å². The fourth-order valence-electron chi connectivity index (χ4n) is 2.73. The largest absolute Gasteiger partial charge is 0.301 e. The molecule has 1 fully saturated rings. The van der Waals surface area contributed by atoms with Crippen LogP contribution in [-0.2, 0) is 20.9 Å². The molecular formula is C20H17FN2O3. The van der Waals surface area contributed by atoms with Crippen molar-refractivity contribution >= 4 is 23.8 Å². The Morgan fingerprint density at radius 1 is 1.08 bits per heavy atom. The summed E-state index contributed by atoms with van der Waals surface area (Å²) in [6.07, 6.45) is 1.50. The van der Waals surface area contributed by atoms with Gasteiger partial charge in [-0.05, 0) is 29.3 Å². The van der Waals surface area contributed by atoms with Crippen LogP contribution in [0.1, 0.15) is 18.1 Å². The summed E-state index contributed by atoms with van der Waals surface area (Å²) in [5, 5.41) is 0. The lowest BCUT2D eigenvalue weighted by molar-refractivity contribution is -0.153. The summed E-state index contributed by atoms with van der Waals surface area (Å²) in [5.74, 6) is -1.79. The Kier molecular flexibility index (Phi) is 4.93. The van der Waals surface area contributed by atoms with E-state index < -0.39 is 17.6 Å². The first kappa shape index (κ1) is 17.5. The smallest absolute Gasteiger partial charge is 0.277 e. The normalized spacial score (nSPS) is 16.3. The number of amides is 3. The molecule has 1 aliphatic rings. The van der Waals surface area contributed by atoms with Crippen molar-refractivity contribution in [2.75, 3.05) is 6.54 Å². The van der Waals surface area contributed by atoms with Gasteiger partial charge in [-0.3, -0.25) is 19.3 Å². The summed E-state index contributed by atoms with van der Waals surface area (Å²) < 4.78 is 13.1. The molecule has 132 valence electrons. The van der Waals surface area contributed by atoms with Crippen molar-refractivity contribution in [2.45, 2.75) is 13.5 Å². The molecule has 1 aliphatic heterocycles. The Morgan fingerprint density at radius 3 is 2.35 bits per heavy atom. The fraction of sp³-hybridized carbons (Fsp3) is 0.150. The average Bonchev–Trinajstić information content (AvgIpc) is 2.63. The molecule has 5 nitrogen and oxygen atoms in total. The van der Waals surface area contributed by atoms with Gasteiger partial charge in [0, 0.05) is 6.92 Å². The van der Waals surface area contributed by atoms with Crippen molar-refractivity contribution in [3.8, 4) is 0 Å². The lowest BCUT2D eigenvalue weighted by atomic mass is 10.1. The summed E-state index contributed by atoms with van der Waals surface area (Å²) >= 11 is 0. The Bertz CT molecular complexity index is 876. The number of nitrogens with zero attached hydrogens (tertiary/aromatic N) is 2. The quantitative estimate of drug-likeness (QED) is 0.798. The van der Waals surface area contributed by atoms with Gasteiger partial charge in [0.15, 0.2) is 0 Å². The second-order valence-electron chi connectivity index (χ2n) is 5.96. The summed E-state index contributed by atoms with van der Waals surface area (Å²) in [7, 11) is 0. The zero-order valence-corrected chi connectivity index (χ0v) is 14.2. The predicted molar refractivity (Wildman–Crippen MR) is 93.8 cm³/mol. The van der Waals surface area contributed by atoms with Crippen LogP contribution in [0.5, 0.6) is 0 Å². The highest BCUT2D eigenvalue weighted by Gasteiger charge is 2.36. The van der Waals surface area contributed by atoms with Crippen LogP contribution in [0.3, 0.4) is 0 Å². The molecule has 6 heteroatoms. The van der Waals surface area contributed by atoms with E-state index in [4.69, 9.17) is 0 Å². The number of piperazine rings is 1. The molecule has 0 N–H and O–H groups in total. The van der Waals surface area contributed by atoms with E-state index in [2.05, 4.69) is 0 Å². The number of hydrogen-bond donors (Lipinski definition) is 0. The molecular weight excluding hydrogens is 335 g/mol. The minimum absolute atomic E-state index is 0.0897. The molecule has 1 heterocycles. The molecule has 2 aromatic rings. The minimum Gasteiger partial charge on any atom is -0.301 e. The molecule has 0 aliphatic carbocycles. The molecule has 0 atom stereocenters. The van der Waals surface area contributed by atoms with Gasteiger partial charge in [-0.2, -0.15) is 0 Å². The van der Waals surface area contributed by atoms with Crippen LogP contribution in [0.25, 0.3) is 6.08 Å². The van der Waals surface area contributed by atoms with Gasteiger partial charge in [0.2, 0.25) is 11.8 Å². The maximum Gasteiger partial charge on any atom is 0.277 e. The van der Waals surface area contributed by atoms with Gasteiger partial charge in [0.1, 0.15) is 18.1 Å². The predicted octanol–water partition coefficient (Wildman–Crippen LogP) is 2.58. The van der Waals surface area contributed by atoms with Gasteiger partial charge in [-0.1, -0.05) is 42.5 Å². The third-order valence-electron chi connectivity index (χ3n) is 4.09. The summed E-state index contributed by atoms with van der Waals surface area (Å²) in [6.45, 7) is 1.17. The first-order chi connectivity index (χ1) is 12.5. The molecule has 3 amide bonds. The first-order valence-electron chi connectivity index (χ1n) is 8.09. The Balaban J connectivity index is 2.01. The van der Waals surface area contributed by atoms with Crippen LogP contribution < -0.4 is 0 Å². The minimum atomic E-state index is -0.544. The van der Waals surface area contributed by atoms with Gasteiger partial charge in [-0.15, -0.1) is 0 Å². The topological polar surface area (TPSA) is 57.7 Å². The van der Waals surface area contributed by atoms with Crippen molar-refractivity contribution in [3.05, 3.63) is 77.2 Å². The third-order valence-corrected chi connectivity index (χ3v) is 4.09. The summed E-state index contributed by atoms with van der Waals surface area (Å²) in [5.41, 5.74) is 1.51. The van der Waals surface area contributed by atoms with Crippen molar-refractivity contribution in [3.63, 3.8) is 0 Å². The lowest BCUT2D eigenvalue weighted by Gasteiger charge is -2.34. The molecule has 0 aromatic heterocycles. The number of imide groups is 1. The van der Waals surface area contributed by atoms with Crippen molar-refractivity contribution in [1.29, 1.82) is 0 Å². The Morgan fingerprint density at radius 2 is 1.73 bits per heavy atom. The van der Waals surface area contributed by atoms with Crippen molar-refractivity contribution < 1.29 is 18.8 Å². The highest BCUT2D eigenvalue weighted by atomic mass is 19.1. The average molecular weight is 352 g/mol. The van der Waals surface area contributed by atoms with E-state index in [1.807, 2.05) is 30.3 Å². The molecule has 0 unspecified atom stereocenters. The second kappa shape index (κ2) is 7.31. The van der Waals surface area contributed by atoms with Crippen LogP contribution in [0.2, 0.25) is 0 Å². The van der Waals surface area contributed by atoms with E-state index in [9.17, 15) is 18.8 Å². The lowest BCUT2D eigenvalue weighted by Crippen LogP contribution is -2.53. The third kappa shape index (κ3) is 3.69. The number of carbonyl (C=O) groups is 3. The highest BCUT2D eigenvalue weighted by molar-refractivity contribution is 6.12. The number of carbonyl (C=O) groups excluding carboxylic acids is 3. The summed E-state index contributed by atoms with van der Waals surface area (Å²) in [4.78, 5) is 39.3. The SMILES string of the molecule is CC(=O)N1CC(=O)N(Cc2ccccc2)C(=Cc2ccc(F)cc2)C1=O. The van der Waals surface area contributed by atoms with Crippen LogP contribution in [-0.4, -0.2) is 34.1 Å². The van der Waals surface area contributed by atoms with E-state index in [-0.39, 0.29) is 24.7 Å². The van der Waals surface area contributed by atoms with E-state index in [1.54, 1.807) is 0 Å². The molecule has 26 heavy (non-hydrogen) atoms. The maximum atomic E-state index is 13.1. The zero-order chi connectivity index (χ0) is 18.7. The van der Waals surface area contributed by atoms with E-state index in [0.717, 1.165) is 10.5 Å². The van der Waals surface area contributed by atoms with Gasteiger partial charge < -0.3 is 4.90 Å². The molecule has 0 spiro atoms. The molecule has 2 aromatic carbocycles. The second-order valence-corrected chi connectivity index (χ2v) is 5.96. The van der Waals surface area contributed by atoms with Crippen LogP contribution >= 0.6 is 0 Å². The molecule has 0 bridgehead atoms. The van der Waals surface area contributed by atoms with Crippen LogP contribution in [0, 0.1) is 5.82 Å². The number of benzene rings is 2. The van der Waals surface area contributed by atoms with E-state index in [0.29, 0.717) is 5.56 Å². The molecule has 1 saturated heterocycles. The van der Waals surface area contributed by atoms with Crippen LogP contribution in [0.15, 0.2) is 60.3 Å². The van der Waals surface area contributed by atoms with E-state index in [1.165, 1.54) is 42.2 Å². The van der Waals surface area contributed by atoms with Crippen molar-refractivity contribution in [1.82, 2.24) is 9.80 Å². The molecule has 0 radical (unpaired) electrons. The number of hydrogen-bond acceptors (Lipinski definition) is 3. The number of rotatable bonds is 3. The van der Waals surface area contributed by atoms with Gasteiger partial charge in [-0.25, -0.2) is 4.39 Å². The Labute approximate surface area is 150 Å². The zero-order valence-electron chi connectivity index (χ0n) is 14.2. The molecule has 3 rings (SSSR count). The monoisotopic (exact) mass is 352 g/mol.